The molecule has 5 heteroatoms. The highest BCUT2D eigenvalue weighted by atomic mass is 32.1. The van der Waals surface area contributed by atoms with E-state index in [-0.39, 0.29) is 17.1 Å². The fraction of sp³-hybridized carbons (Fsp3) is 0.500. The predicted octanol–water partition coefficient (Wildman–Crippen LogP) is 3.85. The first-order chi connectivity index (χ1) is 9.70. The van der Waals surface area contributed by atoms with Crippen molar-refractivity contribution in [2.45, 2.75) is 53.1 Å². The second-order valence-corrected chi connectivity index (χ2v) is 7.82. The minimum absolute atomic E-state index is 0.0611. The van der Waals surface area contributed by atoms with Gasteiger partial charge in [-0.15, -0.1) is 11.3 Å². The molecule has 0 spiro atoms. The van der Waals surface area contributed by atoms with Crippen LogP contribution in [0.4, 0.5) is 5.82 Å². The van der Waals surface area contributed by atoms with E-state index in [9.17, 15) is 4.79 Å². The van der Waals surface area contributed by atoms with Crippen LogP contribution < -0.4 is 10.9 Å². The molecule has 1 unspecified atom stereocenters. The minimum Gasteiger partial charge on any atom is -0.359 e. The van der Waals surface area contributed by atoms with Gasteiger partial charge in [-0.25, -0.2) is 4.98 Å². The molecule has 114 valence electrons. The minimum atomic E-state index is -0.255. The highest BCUT2D eigenvalue weighted by Gasteiger charge is 2.18. The molecule has 2 heterocycles. The van der Waals surface area contributed by atoms with Crippen LogP contribution in [0.5, 0.6) is 0 Å². The number of nitrogens with zero attached hydrogens (tertiary/aromatic N) is 2. The molecule has 0 aliphatic heterocycles. The van der Waals surface area contributed by atoms with Gasteiger partial charge in [-0.3, -0.25) is 4.79 Å². The normalized spacial score (nSPS) is 13.2. The van der Waals surface area contributed by atoms with Gasteiger partial charge in [-0.1, -0.05) is 0 Å². The topological polar surface area (TPSA) is 46.9 Å². The summed E-state index contributed by atoms with van der Waals surface area (Å²) in [6.45, 7) is 12.3. The standard InChI is InChI=1S/C16H23N3OS/c1-10-9-13(12(3)21-10)11(2)18-14-15(20)19(8-7-17-14)16(4,5)6/h7-9,11H,1-6H3,(H,17,18). The lowest BCUT2D eigenvalue weighted by Crippen LogP contribution is -2.35. The molecule has 0 aliphatic carbocycles. The van der Waals surface area contributed by atoms with E-state index in [1.165, 1.54) is 15.3 Å². The molecule has 21 heavy (non-hydrogen) atoms. The maximum atomic E-state index is 12.5. The van der Waals surface area contributed by atoms with Crippen molar-refractivity contribution in [2.24, 2.45) is 0 Å². The van der Waals surface area contributed by atoms with Gasteiger partial charge in [0.25, 0.3) is 5.56 Å². The SMILES string of the molecule is Cc1cc(C(C)Nc2nccn(C(C)(C)C)c2=O)c(C)s1. The summed E-state index contributed by atoms with van der Waals surface area (Å²) in [5, 5.41) is 3.26. The van der Waals surface area contributed by atoms with E-state index in [1.807, 2.05) is 20.8 Å². The molecule has 1 atom stereocenters. The summed E-state index contributed by atoms with van der Waals surface area (Å²) in [7, 11) is 0. The van der Waals surface area contributed by atoms with Crippen LogP contribution in [0.3, 0.4) is 0 Å². The van der Waals surface area contributed by atoms with Crippen molar-refractivity contribution >= 4 is 17.2 Å². The van der Waals surface area contributed by atoms with Crippen molar-refractivity contribution in [1.29, 1.82) is 0 Å². The first-order valence-corrected chi connectivity index (χ1v) is 7.93. The zero-order chi connectivity index (χ0) is 15.8. The van der Waals surface area contributed by atoms with E-state index < -0.39 is 0 Å². The summed E-state index contributed by atoms with van der Waals surface area (Å²) >= 11 is 1.78. The largest absolute Gasteiger partial charge is 0.359 e. The fourth-order valence-electron chi connectivity index (χ4n) is 2.40. The number of hydrogen-bond acceptors (Lipinski definition) is 4. The average molecular weight is 305 g/mol. The highest BCUT2D eigenvalue weighted by molar-refractivity contribution is 7.12. The summed E-state index contributed by atoms with van der Waals surface area (Å²) in [5.74, 6) is 0.406. The van der Waals surface area contributed by atoms with E-state index in [0.717, 1.165) is 0 Å². The molecule has 0 saturated carbocycles. The van der Waals surface area contributed by atoms with Gasteiger partial charge in [0, 0.05) is 27.7 Å². The molecule has 0 aliphatic rings. The number of aromatic nitrogens is 2. The number of aryl methyl sites for hydroxylation is 2. The first kappa shape index (κ1) is 15.8. The second kappa shape index (κ2) is 5.64. The van der Waals surface area contributed by atoms with E-state index in [2.05, 4.69) is 37.1 Å². The van der Waals surface area contributed by atoms with Crippen molar-refractivity contribution in [3.63, 3.8) is 0 Å². The van der Waals surface area contributed by atoms with Crippen molar-refractivity contribution in [1.82, 2.24) is 9.55 Å². The lowest BCUT2D eigenvalue weighted by molar-refractivity contribution is 0.383. The van der Waals surface area contributed by atoms with Crippen molar-refractivity contribution in [2.75, 3.05) is 5.32 Å². The molecule has 0 aromatic carbocycles. The highest BCUT2D eigenvalue weighted by Crippen LogP contribution is 2.27. The Morgan fingerprint density at radius 1 is 1.33 bits per heavy atom. The molecule has 2 aromatic heterocycles. The number of thiophene rings is 1. The Labute approximate surface area is 129 Å². The van der Waals surface area contributed by atoms with E-state index in [4.69, 9.17) is 0 Å². The zero-order valence-electron chi connectivity index (χ0n) is 13.5. The molecule has 2 rings (SSSR count). The number of anilines is 1. The van der Waals surface area contributed by atoms with Gasteiger partial charge in [0.1, 0.15) is 0 Å². The summed E-state index contributed by atoms with van der Waals surface area (Å²) in [6.07, 6.45) is 3.41. The third-order valence-corrected chi connectivity index (χ3v) is 4.44. The van der Waals surface area contributed by atoms with Crippen LogP contribution >= 0.6 is 11.3 Å². The second-order valence-electron chi connectivity index (χ2n) is 6.36. The monoisotopic (exact) mass is 305 g/mol. The molecule has 4 nitrogen and oxygen atoms in total. The molecule has 2 aromatic rings. The number of hydrogen-bond donors (Lipinski definition) is 1. The Balaban J connectivity index is 2.32. The Morgan fingerprint density at radius 3 is 2.52 bits per heavy atom. The van der Waals surface area contributed by atoms with Crippen LogP contribution in [0, 0.1) is 13.8 Å². The Kier molecular flexibility index (Phi) is 4.23. The number of nitrogens with one attached hydrogen (secondary N) is 1. The van der Waals surface area contributed by atoms with Gasteiger partial charge < -0.3 is 9.88 Å². The Morgan fingerprint density at radius 2 is 2.00 bits per heavy atom. The van der Waals surface area contributed by atoms with E-state index in [0.29, 0.717) is 5.82 Å². The van der Waals surface area contributed by atoms with Crippen LogP contribution in [-0.4, -0.2) is 9.55 Å². The summed E-state index contributed by atoms with van der Waals surface area (Å²) in [5.41, 5.74) is 0.889. The lowest BCUT2D eigenvalue weighted by atomic mass is 10.1. The third-order valence-electron chi connectivity index (χ3n) is 3.46. The predicted molar refractivity (Wildman–Crippen MR) is 89.3 cm³/mol. The molecular formula is C16H23N3OS. The lowest BCUT2D eigenvalue weighted by Gasteiger charge is -2.23. The third kappa shape index (κ3) is 3.35. The van der Waals surface area contributed by atoms with Crippen LogP contribution in [0.1, 0.15) is 49.1 Å². The van der Waals surface area contributed by atoms with Crippen molar-refractivity contribution in [3.05, 3.63) is 44.1 Å². The Hall–Kier alpha value is -1.62. The van der Waals surface area contributed by atoms with Gasteiger partial charge in [0.2, 0.25) is 0 Å². The first-order valence-electron chi connectivity index (χ1n) is 7.11. The molecule has 1 N–H and O–H groups in total. The van der Waals surface area contributed by atoms with Crippen molar-refractivity contribution in [3.8, 4) is 0 Å². The molecule has 0 bridgehead atoms. The van der Waals surface area contributed by atoms with Gasteiger partial charge >= 0.3 is 0 Å². The smallest absolute Gasteiger partial charge is 0.293 e. The van der Waals surface area contributed by atoms with Crippen molar-refractivity contribution < 1.29 is 0 Å². The summed E-state index contributed by atoms with van der Waals surface area (Å²) in [6, 6.07) is 2.23. The maximum Gasteiger partial charge on any atom is 0.293 e. The van der Waals surface area contributed by atoms with Gasteiger partial charge in [-0.2, -0.15) is 0 Å². The van der Waals surface area contributed by atoms with Gasteiger partial charge in [-0.05, 0) is 53.2 Å². The molecular weight excluding hydrogens is 282 g/mol. The zero-order valence-corrected chi connectivity index (χ0v) is 14.3. The van der Waals surface area contributed by atoms with Gasteiger partial charge in [0.05, 0.1) is 6.04 Å². The summed E-state index contributed by atoms with van der Waals surface area (Å²) in [4.78, 5) is 19.3. The van der Waals surface area contributed by atoms with Crippen LogP contribution in [0.25, 0.3) is 0 Å². The quantitative estimate of drug-likeness (QED) is 0.937. The molecule has 0 fully saturated rings. The fourth-order valence-corrected chi connectivity index (χ4v) is 3.42. The van der Waals surface area contributed by atoms with Gasteiger partial charge in [0.15, 0.2) is 5.82 Å². The molecule has 0 radical (unpaired) electrons. The van der Waals surface area contributed by atoms with E-state index >= 15 is 0 Å². The van der Waals surface area contributed by atoms with Crippen LogP contribution in [0.15, 0.2) is 23.3 Å². The number of rotatable bonds is 3. The maximum absolute atomic E-state index is 12.5. The van der Waals surface area contributed by atoms with Crippen LogP contribution in [-0.2, 0) is 5.54 Å². The van der Waals surface area contributed by atoms with E-state index in [1.54, 1.807) is 28.3 Å². The average Bonchev–Trinajstić information content (AvgIpc) is 2.69. The molecule has 0 saturated heterocycles. The summed E-state index contributed by atoms with van der Waals surface area (Å²) < 4.78 is 1.71. The molecule has 0 amide bonds. The Bertz CT molecular complexity index is 694. The van der Waals surface area contributed by atoms with Crippen LogP contribution in [0.2, 0.25) is 0 Å².